The van der Waals surface area contributed by atoms with Crippen LogP contribution in [-0.4, -0.2) is 83.3 Å². The highest BCUT2D eigenvalue weighted by molar-refractivity contribution is 6.30. The van der Waals surface area contributed by atoms with Crippen LogP contribution in [0.2, 0.25) is 5.02 Å². The van der Waals surface area contributed by atoms with Gasteiger partial charge >= 0.3 is 5.97 Å². The fraction of sp³-hybridized carbons (Fsp3) is 0.562. The number of ether oxygens (including phenoxy) is 2. The van der Waals surface area contributed by atoms with Gasteiger partial charge in [0.2, 0.25) is 11.8 Å². The van der Waals surface area contributed by atoms with Crippen LogP contribution in [0.25, 0.3) is 0 Å². The summed E-state index contributed by atoms with van der Waals surface area (Å²) >= 11 is 6.11. The fourth-order valence-corrected chi connectivity index (χ4v) is 6.86. The van der Waals surface area contributed by atoms with E-state index in [2.05, 4.69) is 18.5 Å². The number of allylic oxidation sites excluding steroid dienone is 1. The molecule has 2 N–H and O–H groups in total. The smallest absolute Gasteiger partial charge is 0.312 e. The minimum Gasteiger partial charge on any atom is -0.460 e. The summed E-state index contributed by atoms with van der Waals surface area (Å²) in [6, 6.07) is 5.03. The second kappa shape index (κ2) is 13.6. The van der Waals surface area contributed by atoms with E-state index in [1.165, 1.54) is 9.80 Å². The van der Waals surface area contributed by atoms with Gasteiger partial charge in [-0.15, -0.1) is 13.2 Å². The highest BCUT2D eigenvalue weighted by Crippen LogP contribution is 2.59. The molecule has 3 amide bonds. The Morgan fingerprint density at radius 2 is 1.93 bits per heavy atom. The zero-order valence-corrected chi connectivity index (χ0v) is 25.8. The van der Waals surface area contributed by atoms with Crippen LogP contribution in [0.15, 0.2) is 49.6 Å². The minimum absolute atomic E-state index is 0.120. The Morgan fingerprint density at radius 3 is 2.53 bits per heavy atom. The van der Waals surface area contributed by atoms with E-state index in [1.54, 1.807) is 43.3 Å². The van der Waals surface area contributed by atoms with E-state index in [1.807, 2.05) is 13.8 Å². The zero-order valence-electron chi connectivity index (χ0n) is 25.0. The van der Waals surface area contributed by atoms with Gasteiger partial charge in [0.25, 0.3) is 5.91 Å². The largest absolute Gasteiger partial charge is 0.460 e. The van der Waals surface area contributed by atoms with Crippen LogP contribution in [0.4, 0.5) is 5.69 Å². The second-order valence-corrected chi connectivity index (χ2v) is 12.3. The molecule has 43 heavy (non-hydrogen) atoms. The number of esters is 1. The van der Waals surface area contributed by atoms with Crippen LogP contribution in [0.5, 0.6) is 0 Å². The number of carbonyl (C=O) groups is 4. The fourth-order valence-electron chi connectivity index (χ4n) is 6.73. The van der Waals surface area contributed by atoms with Crippen LogP contribution in [-0.2, 0) is 28.7 Å². The molecule has 3 aliphatic rings. The van der Waals surface area contributed by atoms with Crippen molar-refractivity contribution in [2.75, 3.05) is 24.6 Å². The first-order chi connectivity index (χ1) is 20.5. The number of anilines is 1. The van der Waals surface area contributed by atoms with E-state index in [0.717, 1.165) is 0 Å². The van der Waals surface area contributed by atoms with Gasteiger partial charge in [0, 0.05) is 23.7 Å². The van der Waals surface area contributed by atoms with E-state index in [4.69, 9.17) is 21.1 Å². The summed E-state index contributed by atoms with van der Waals surface area (Å²) in [5.41, 5.74) is -0.696. The highest BCUT2D eigenvalue weighted by atomic mass is 35.5. The van der Waals surface area contributed by atoms with E-state index in [-0.39, 0.29) is 43.8 Å². The predicted molar refractivity (Wildman–Crippen MR) is 162 cm³/mol. The number of benzene rings is 1. The lowest BCUT2D eigenvalue weighted by Gasteiger charge is -2.40. The Kier molecular flexibility index (Phi) is 10.4. The lowest BCUT2D eigenvalue weighted by Crippen LogP contribution is -2.59. The van der Waals surface area contributed by atoms with Crippen molar-refractivity contribution >= 4 is 41.0 Å². The molecule has 3 heterocycles. The molecule has 0 aromatic heterocycles. The number of hydrogen-bond donors (Lipinski definition) is 2. The first-order valence-corrected chi connectivity index (χ1v) is 15.2. The summed E-state index contributed by atoms with van der Waals surface area (Å²) in [6.07, 6.45) is 3.71. The molecular weight excluding hydrogens is 574 g/mol. The number of nitrogens with zero attached hydrogens (tertiary/aromatic N) is 2. The quantitative estimate of drug-likeness (QED) is 0.243. The monoisotopic (exact) mass is 615 g/mol. The topological polar surface area (TPSA) is 125 Å². The van der Waals surface area contributed by atoms with Gasteiger partial charge in [0.1, 0.15) is 17.7 Å². The molecular formula is C32H42ClN3O7. The van der Waals surface area contributed by atoms with Gasteiger partial charge < -0.3 is 29.7 Å². The molecule has 2 bridgehead atoms. The van der Waals surface area contributed by atoms with E-state index in [0.29, 0.717) is 30.0 Å². The lowest BCUT2D eigenvalue weighted by molar-refractivity contribution is -0.160. The maximum atomic E-state index is 14.6. The molecule has 0 saturated carbocycles. The van der Waals surface area contributed by atoms with E-state index in [9.17, 15) is 24.3 Å². The van der Waals surface area contributed by atoms with Crippen LogP contribution in [0.3, 0.4) is 0 Å². The summed E-state index contributed by atoms with van der Waals surface area (Å²) in [5, 5.41) is 13.7. The maximum Gasteiger partial charge on any atom is 0.312 e. The van der Waals surface area contributed by atoms with Crippen LogP contribution in [0.1, 0.15) is 46.5 Å². The molecule has 0 aliphatic carbocycles. The number of halogens is 1. The minimum atomic E-state index is -1.27. The van der Waals surface area contributed by atoms with Gasteiger partial charge in [-0.3, -0.25) is 19.2 Å². The van der Waals surface area contributed by atoms with Crippen molar-refractivity contribution in [2.45, 2.75) is 76.3 Å². The molecule has 3 aliphatic heterocycles. The summed E-state index contributed by atoms with van der Waals surface area (Å²) in [4.78, 5) is 57.5. The van der Waals surface area contributed by atoms with E-state index < -0.39 is 53.6 Å². The highest BCUT2D eigenvalue weighted by Gasteiger charge is 2.75. The van der Waals surface area contributed by atoms with Crippen LogP contribution < -0.4 is 10.2 Å². The third-order valence-corrected chi connectivity index (χ3v) is 9.01. The molecule has 234 valence electrons. The number of amides is 3. The number of nitrogens with one attached hydrogen (secondary N) is 1. The molecule has 7 atom stereocenters. The van der Waals surface area contributed by atoms with Gasteiger partial charge in [-0.2, -0.15) is 0 Å². The Morgan fingerprint density at radius 1 is 1.23 bits per heavy atom. The molecule has 0 radical (unpaired) electrons. The standard InChI is InChI=1S/C32H42ClN3O7/c1-6-8-9-25(38)34-17-20(5)42-31(41)26-24-14-15-32(43-24)27(26)29(39)36(23(18-37)19(3)4)28(32)30(40)35(16-7-2)22-12-10-21(33)11-13-22/h6-7,10-13,19-20,23-24,26-28,37H,1-2,8-9,14-18H2,3-5H3,(H,34,38)/t20-,23+,24+,26-,27-,28+,32-/m1/s1. The van der Waals surface area contributed by atoms with Gasteiger partial charge in [0.15, 0.2) is 0 Å². The number of aliphatic hydroxyl groups excluding tert-OH is 1. The van der Waals surface area contributed by atoms with Gasteiger partial charge in [-0.25, -0.2) is 0 Å². The second-order valence-electron chi connectivity index (χ2n) is 11.9. The SMILES string of the molecule is C=CCCC(=O)NC[C@@H](C)OC(=O)[C@@H]1[C@@H]2CC[C@]3(O2)[C@H](C(=O)N(CC=C)c2ccc(Cl)cc2)N([C@@H](CO)C(C)C)C(=O)[C@@H]13. The third-order valence-electron chi connectivity index (χ3n) is 8.75. The Bertz CT molecular complexity index is 1240. The van der Waals surface area contributed by atoms with Crippen LogP contribution in [0, 0.1) is 17.8 Å². The predicted octanol–water partition coefficient (Wildman–Crippen LogP) is 3.26. The molecule has 3 saturated heterocycles. The number of likely N-dealkylation sites (tertiary alicyclic amines) is 1. The van der Waals surface area contributed by atoms with Gasteiger partial charge in [-0.1, -0.05) is 37.6 Å². The number of hydrogen-bond acceptors (Lipinski definition) is 7. The molecule has 0 unspecified atom stereocenters. The first-order valence-electron chi connectivity index (χ1n) is 14.9. The molecule has 4 rings (SSSR count). The summed E-state index contributed by atoms with van der Waals surface area (Å²) < 4.78 is 12.2. The van der Waals surface area contributed by atoms with Crippen molar-refractivity contribution in [2.24, 2.45) is 17.8 Å². The van der Waals surface area contributed by atoms with Crippen molar-refractivity contribution in [3.8, 4) is 0 Å². The number of carbonyl (C=O) groups excluding carboxylic acids is 4. The van der Waals surface area contributed by atoms with Crippen LogP contribution >= 0.6 is 11.6 Å². The molecule has 1 aromatic carbocycles. The Balaban J connectivity index is 1.65. The van der Waals surface area contributed by atoms with Crippen molar-refractivity contribution < 1.29 is 33.8 Å². The molecule has 10 nitrogen and oxygen atoms in total. The van der Waals surface area contributed by atoms with Crippen molar-refractivity contribution in [1.82, 2.24) is 10.2 Å². The van der Waals surface area contributed by atoms with Gasteiger partial charge in [-0.05, 0) is 56.4 Å². The number of fused-ring (bicyclic) bond motifs is 1. The van der Waals surface area contributed by atoms with Crippen molar-refractivity contribution in [1.29, 1.82) is 0 Å². The van der Waals surface area contributed by atoms with Crippen molar-refractivity contribution in [3.05, 3.63) is 54.6 Å². The number of aliphatic hydroxyl groups is 1. The summed E-state index contributed by atoms with van der Waals surface area (Å²) in [5.74, 6) is -3.63. The first kappa shape index (κ1) is 32.7. The zero-order chi connectivity index (χ0) is 31.5. The average molecular weight is 616 g/mol. The Hall–Kier alpha value is -3.21. The molecule has 1 aromatic rings. The molecule has 1 spiro atoms. The summed E-state index contributed by atoms with van der Waals surface area (Å²) in [7, 11) is 0. The number of rotatable bonds is 14. The third kappa shape index (κ3) is 6.23. The summed E-state index contributed by atoms with van der Waals surface area (Å²) in [6.45, 7) is 12.8. The average Bonchev–Trinajstić information content (AvgIpc) is 3.62. The molecule has 11 heteroatoms. The molecule has 3 fully saturated rings. The Labute approximate surface area is 258 Å². The normalized spacial score (nSPS) is 27.0. The lowest BCUT2D eigenvalue weighted by atomic mass is 9.70. The van der Waals surface area contributed by atoms with Crippen molar-refractivity contribution in [3.63, 3.8) is 0 Å². The van der Waals surface area contributed by atoms with Gasteiger partial charge in [0.05, 0.1) is 37.1 Å². The van der Waals surface area contributed by atoms with E-state index >= 15 is 0 Å². The maximum absolute atomic E-state index is 14.6.